The summed E-state index contributed by atoms with van der Waals surface area (Å²) in [5.41, 5.74) is 2.83. The molecule has 2 rings (SSSR count). The van der Waals surface area contributed by atoms with Crippen LogP contribution >= 0.6 is 0 Å². The van der Waals surface area contributed by atoms with E-state index in [1.165, 1.54) is 43.2 Å². The fourth-order valence-corrected chi connectivity index (χ4v) is 3.39. The number of rotatable bonds is 7. The van der Waals surface area contributed by atoms with E-state index in [0.717, 1.165) is 31.6 Å². The number of nitrogens with zero attached hydrogens (tertiary/aromatic N) is 1. The molecule has 1 aliphatic rings. The van der Waals surface area contributed by atoms with E-state index in [1.807, 2.05) is 0 Å². The minimum atomic E-state index is 0.777. The van der Waals surface area contributed by atoms with Crippen LogP contribution in [0, 0.1) is 5.92 Å². The summed E-state index contributed by atoms with van der Waals surface area (Å²) < 4.78 is 0. The van der Waals surface area contributed by atoms with E-state index in [9.17, 15) is 0 Å². The molecule has 2 nitrogen and oxygen atoms in total. The summed E-state index contributed by atoms with van der Waals surface area (Å²) in [7, 11) is 2.29. The van der Waals surface area contributed by atoms with Crippen LogP contribution in [0.25, 0.3) is 0 Å². The molecular weight excluding hydrogens is 256 g/mol. The summed E-state index contributed by atoms with van der Waals surface area (Å²) in [5, 5.41) is 3.46. The molecule has 1 aromatic rings. The van der Waals surface area contributed by atoms with Crippen LogP contribution in [0.1, 0.15) is 57.1 Å². The molecule has 1 aromatic carbocycles. The highest BCUT2D eigenvalue weighted by atomic mass is 15.1. The van der Waals surface area contributed by atoms with Crippen LogP contribution in [0.2, 0.25) is 0 Å². The second-order valence-corrected chi connectivity index (χ2v) is 6.83. The van der Waals surface area contributed by atoms with Crippen molar-refractivity contribution in [2.45, 2.75) is 65.1 Å². The van der Waals surface area contributed by atoms with Gasteiger partial charge in [-0.05, 0) is 49.9 Å². The van der Waals surface area contributed by atoms with Gasteiger partial charge >= 0.3 is 0 Å². The molecule has 1 saturated carbocycles. The molecule has 1 N–H and O–H groups in total. The topological polar surface area (TPSA) is 15.3 Å². The zero-order chi connectivity index (χ0) is 15.1. The molecule has 0 radical (unpaired) electrons. The maximum absolute atomic E-state index is 3.46. The molecule has 0 bridgehead atoms. The Morgan fingerprint density at radius 2 is 1.86 bits per heavy atom. The molecule has 0 amide bonds. The molecule has 0 aromatic heterocycles. The number of nitrogens with one attached hydrogen (secondary N) is 1. The van der Waals surface area contributed by atoms with Crippen LogP contribution in [-0.4, -0.2) is 24.5 Å². The second-order valence-electron chi connectivity index (χ2n) is 6.83. The Kier molecular flexibility index (Phi) is 6.72. The van der Waals surface area contributed by atoms with Crippen LogP contribution in [-0.2, 0) is 13.1 Å². The number of benzene rings is 1. The Balaban J connectivity index is 1.81. The molecular formula is C19H32N2. The van der Waals surface area contributed by atoms with Gasteiger partial charge in [-0.25, -0.2) is 0 Å². The lowest BCUT2D eigenvalue weighted by Crippen LogP contribution is -2.35. The first kappa shape index (κ1) is 16.5. The van der Waals surface area contributed by atoms with Gasteiger partial charge in [-0.1, -0.05) is 51.0 Å². The Bertz CT molecular complexity index is 399. The van der Waals surface area contributed by atoms with E-state index in [4.69, 9.17) is 0 Å². The quantitative estimate of drug-likeness (QED) is 0.757. The molecule has 1 aliphatic carbocycles. The van der Waals surface area contributed by atoms with Crippen LogP contribution in [0.15, 0.2) is 24.3 Å². The van der Waals surface area contributed by atoms with Crippen molar-refractivity contribution in [3.05, 3.63) is 35.4 Å². The Morgan fingerprint density at radius 3 is 2.52 bits per heavy atom. The maximum Gasteiger partial charge on any atom is 0.0233 e. The normalized spacial score (nSPS) is 22.7. The molecule has 118 valence electrons. The van der Waals surface area contributed by atoms with Gasteiger partial charge in [-0.2, -0.15) is 0 Å². The van der Waals surface area contributed by atoms with Crippen LogP contribution in [0.5, 0.6) is 0 Å². The first-order valence-electron chi connectivity index (χ1n) is 8.67. The monoisotopic (exact) mass is 288 g/mol. The third-order valence-electron chi connectivity index (χ3n) is 4.74. The van der Waals surface area contributed by atoms with Crippen molar-refractivity contribution >= 4 is 0 Å². The van der Waals surface area contributed by atoms with Gasteiger partial charge in [0.05, 0.1) is 0 Å². The van der Waals surface area contributed by atoms with E-state index in [2.05, 4.69) is 55.4 Å². The molecule has 2 unspecified atom stereocenters. The number of hydrogen-bond acceptors (Lipinski definition) is 2. The van der Waals surface area contributed by atoms with Crippen LogP contribution in [0.4, 0.5) is 0 Å². The Morgan fingerprint density at radius 1 is 1.14 bits per heavy atom. The number of hydrogen-bond donors (Lipinski definition) is 1. The van der Waals surface area contributed by atoms with E-state index >= 15 is 0 Å². The van der Waals surface area contributed by atoms with Gasteiger partial charge in [-0.3, -0.25) is 4.90 Å². The molecule has 0 spiro atoms. The zero-order valence-corrected chi connectivity index (χ0v) is 14.1. The lowest BCUT2D eigenvalue weighted by Gasteiger charge is -2.34. The van der Waals surface area contributed by atoms with Crippen molar-refractivity contribution < 1.29 is 0 Å². The fraction of sp³-hybridized carbons (Fsp3) is 0.684. The second kappa shape index (κ2) is 8.55. The van der Waals surface area contributed by atoms with Crippen molar-refractivity contribution in [2.75, 3.05) is 13.6 Å². The van der Waals surface area contributed by atoms with E-state index < -0.39 is 0 Å². The summed E-state index contributed by atoms with van der Waals surface area (Å²) >= 11 is 0. The Labute approximate surface area is 130 Å². The van der Waals surface area contributed by atoms with Crippen molar-refractivity contribution in [1.29, 1.82) is 0 Å². The minimum Gasteiger partial charge on any atom is -0.313 e. The highest BCUT2D eigenvalue weighted by molar-refractivity contribution is 5.22. The van der Waals surface area contributed by atoms with E-state index in [0.29, 0.717) is 0 Å². The van der Waals surface area contributed by atoms with Gasteiger partial charge in [0, 0.05) is 19.1 Å². The van der Waals surface area contributed by atoms with Gasteiger partial charge < -0.3 is 5.32 Å². The lowest BCUT2D eigenvalue weighted by atomic mass is 9.86. The third-order valence-corrected chi connectivity index (χ3v) is 4.74. The molecule has 1 fully saturated rings. The summed E-state index contributed by atoms with van der Waals surface area (Å²) in [4.78, 5) is 2.56. The van der Waals surface area contributed by atoms with Gasteiger partial charge in [0.2, 0.25) is 0 Å². The van der Waals surface area contributed by atoms with Crippen molar-refractivity contribution in [2.24, 2.45) is 5.92 Å². The molecule has 2 atom stereocenters. The Hall–Kier alpha value is -0.860. The van der Waals surface area contributed by atoms with Gasteiger partial charge in [0.15, 0.2) is 0 Å². The predicted octanol–water partition coefficient (Wildman–Crippen LogP) is 4.20. The predicted molar refractivity (Wildman–Crippen MR) is 91.3 cm³/mol. The van der Waals surface area contributed by atoms with Crippen molar-refractivity contribution in [1.82, 2.24) is 10.2 Å². The van der Waals surface area contributed by atoms with E-state index in [1.54, 1.807) is 0 Å². The van der Waals surface area contributed by atoms with Gasteiger partial charge in [0.25, 0.3) is 0 Å². The minimum absolute atomic E-state index is 0.777. The maximum atomic E-state index is 3.46. The highest BCUT2D eigenvalue weighted by Crippen LogP contribution is 2.27. The van der Waals surface area contributed by atoms with Crippen LogP contribution < -0.4 is 5.32 Å². The lowest BCUT2D eigenvalue weighted by molar-refractivity contribution is 0.157. The average molecular weight is 288 g/mol. The highest BCUT2D eigenvalue weighted by Gasteiger charge is 2.22. The van der Waals surface area contributed by atoms with Crippen molar-refractivity contribution in [3.63, 3.8) is 0 Å². The third kappa shape index (κ3) is 5.44. The SMILES string of the molecule is CCCNCc1ccc(CN(C)C2CCCC(C)C2)cc1. The molecule has 2 heteroatoms. The first-order chi connectivity index (χ1) is 10.2. The standard InChI is InChI=1S/C19H32N2/c1-4-12-20-14-17-8-10-18(11-9-17)15-21(3)19-7-5-6-16(2)13-19/h8-11,16,19-20H,4-7,12-15H2,1-3H3. The summed E-state index contributed by atoms with van der Waals surface area (Å²) in [5.74, 6) is 0.901. The van der Waals surface area contributed by atoms with Crippen molar-refractivity contribution in [3.8, 4) is 0 Å². The van der Waals surface area contributed by atoms with Gasteiger partial charge in [0.1, 0.15) is 0 Å². The molecule has 0 saturated heterocycles. The largest absolute Gasteiger partial charge is 0.313 e. The first-order valence-corrected chi connectivity index (χ1v) is 8.67. The molecule has 21 heavy (non-hydrogen) atoms. The molecule has 0 aliphatic heterocycles. The smallest absolute Gasteiger partial charge is 0.0233 e. The van der Waals surface area contributed by atoms with Gasteiger partial charge in [-0.15, -0.1) is 0 Å². The van der Waals surface area contributed by atoms with Crippen LogP contribution in [0.3, 0.4) is 0 Å². The molecule has 0 heterocycles. The fourth-order valence-electron chi connectivity index (χ4n) is 3.39. The zero-order valence-electron chi connectivity index (χ0n) is 14.1. The average Bonchev–Trinajstić information content (AvgIpc) is 2.49. The van der Waals surface area contributed by atoms with E-state index in [-0.39, 0.29) is 0 Å². The summed E-state index contributed by atoms with van der Waals surface area (Å²) in [6.07, 6.45) is 6.76. The summed E-state index contributed by atoms with van der Waals surface area (Å²) in [6, 6.07) is 9.92. The summed E-state index contributed by atoms with van der Waals surface area (Å²) in [6.45, 7) is 7.78.